The van der Waals surface area contributed by atoms with Crippen LogP contribution in [0, 0.1) is 0 Å². The highest BCUT2D eigenvalue weighted by Gasteiger charge is 2.40. The molecule has 1 fully saturated rings. The van der Waals surface area contributed by atoms with Crippen LogP contribution in [0.15, 0.2) is 23.1 Å². The summed E-state index contributed by atoms with van der Waals surface area (Å²) >= 11 is 6.07. The monoisotopic (exact) mass is 318 g/mol. The predicted octanol–water partition coefficient (Wildman–Crippen LogP) is 1.60. The maximum Gasteiger partial charge on any atom is 0.245 e. The van der Waals surface area contributed by atoms with Crippen LogP contribution < -0.4 is 5.73 Å². The zero-order chi connectivity index (χ0) is 15.0. The second-order valence-electron chi connectivity index (χ2n) is 5.41. The molecular weight excluding hydrogens is 300 g/mol. The fourth-order valence-corrected chi connectivity index (χ4v) is 4.56. The highest BCUT2D eigenvalue weighted by Crippen LogP contribution is 2.31. The molecule has 1 heterocycles. The lowest BCUT2D eigenvalue weighted by Crippen LogP contribution is -2.55. The number of benzene rings is 1. The highest BCUT2D eigenvalue weighted by molar-refractivity contribution is 7.89. The van der Waals surface area contributed by atoms with Crippen molar-refractivity contribution in [2.24, 2.45) is 5.73 Å². The van der Waals surface area contributed by atoms with Crippen LogP contribution in [-0.4, -0.2) is 38.0 Å². The third-order valence-electron chi connectivity index (χ3n) is 3.37. The number of hydrogen-bond acceptors (Lipinski definition) is 4. The number of halogens is 1. The van der Waals surface area contributed by atoms with Gasteiger partial charge in [0.05, 0.1) is 23.8 Å². The number of nitrogens with zero attached hydrogens (tertiary/aromatic N) is 1. The quantitative estimate of drug-likeness (QED) is 0.918. The van der Waals surface area contributed by atoms with E-state index in [0.29, 0.717) is 19.8 Å². The summed E-state index contributed by atoms with van der Waals surface area (Å²) in [6.07, 6.45) is 0. The standard InChI is InChI=1S/C13H19ClN2O3S/c1-13(2)9-19-6-5-16(13)20(17,18)12-7-10(8-15)3-4-11(12)14/h3-4,7H,5-6,8-9,15H2,1-2H3. The SMILES string of the molecule is CC1(C)COCCN1S(=O)(=O)c1cc(CN)ccc1Cl. The van der Waals surface area contributed by atoms with Gasteiger partial charge in [0, 0.05) is 13.1 Å². The molecule has 2 rings (SSSR count). The summed E-state index contributed by atoms with van der Waals surface area (Å²) in [7, 11) is -3.67. The Hall–Kier alpha value is -0.660. The highest BCUT2D eigenvalue weighted by atomic mass is 35.5. The Labute approximate surface area is 124 Å². The number of ether oxygens (including phenoxy) is 1. The van der Waals surface area contributed by atoms with Gasteiger partial charge in [0.25, 0.3) is 0 Å². The predicted molar refractivity (Wildman–Crippen MR) is 78.1 cm³/mol. The summed E-state index contributed by atoms with van der Waals surface area (Å²) in [5.41, 5.74) is 5.71. The van der Waals surface area contributed by atoms with Gasteiger partial charge in [-0.3, -0.25) is 0 Å². The first-order chi connectivity index (χ1) is 9.29. The third kappa shape index (κ3) is 2.84. The lowest BCUT2D eigenvalue weighted by atomic mass is 10.1. The van der Waals surface area contributed by atoms with Crippen molar-refractivity contribution >= 4 is 21.6 Å². The van der Waals surface area contributed by atoms with Gasteiger partial charge >= 0.3 is 0 Å². The molecule has 0 radical (unpaired) electrons. The minimum absolute atomic E-state index is 0.108. The van der Waals surface area contributed by atoms with Gasteiger partial charge in [0.15, 0.2) is 0 Å². The van der Waals surface area contributed by atoms with Crippen molar-refractivity contribution in [2.45, 2.75) is 30.8 Å². The van der Waals surface area contributed by atoms with Crippen molar-refractivity contribution in [2.75, 3.05) is 19.8 Å². The summed E-state index contributed by atoms with van der Waals surface area (Å²) < 4.78 is 32.5. The molecule has 20 heavy (non-hydrogen) atoms. The molecular formula is C13H19ClN2O3S. The van der Waals surface area contributed by atoms with Crippen molar-refractivity contribution in [3.63, 3.8) is 0 Å². The van der Waals surface area contributed by atoms with E-state index in [0.717, 1.165) is 5.56 Å². The topological polar surface area (TPSA) is 72.6 Å². The van der Waals surface area contributed by atoms with Crippen LogP contribution in [0.1, 0.15) is 19.4 Å². The van der Waals surface area contributed by atoms with Gasteiger partial charge < -0.3 is 10.5 Å². The van der Waals surface area contributed by atoms with Gasteiger partial charge in [0.2, 0.25) is 10.0 Å². The van der Waals surface area contributed by atoms with Crippen LogP contribution in [0.3, 0.4) is 0 Å². The van der Waals surface area contributed by atoms with Gasteiger partial charge in [-0.15, -0.1) is 0 Å². The van der Waals surface area contributed by atoms with E-state index in [1.807, 2.05) is 13.8 Å². The molecule has 0 amide bonds. The molecule has 112 valence electrons. The number of hydrogen-bond donors (Lipinski definition) is 1. The first kappa shape index (κ1) is 15.7. The normalized spacial score (nSPS) is 20.0. The molecule has 1 aromatic rings. The Bertz CT molecular complexity index is 602. The molecule has 1 aliphatic rings. The molecule has 0 atom stereocenters. The van der Waals surface area contributed by atoms with Crippen LogP contribution >= 0.6 is 11.6 Å². The van der Waals surface area contributed by atoms with E-state index in [-0.39, 0.29) is 16.5 Å². The summed E-state index contributed by atoms with van der Waals surface area (Å²) in [5, 5.41) is 0.212. The van der Waals surface area contributed by atoms with E-state index in [9.17, 15) is 8.42 Å². The lowest BCUT2D eigenvalue weighted by Gasteiger charge is -2.40. The van der Waals surface area contributed by atoms with Crippen molar-refractivity contribution < 1.29 is 13.2 Å². The van der Waals surface area contributed by atoms with E-state index < -0.39 is 15.6 Å². The smallest absolute Gasteiger partial charge is 0.245 e. The van der Waals surface area contributed by atoms with Crippen molar-refractivity contribution in [3.05, 3.63) is 28.8 Å². The largest absolute Gasteiger partial charge is 0.378 e. The van der Waals surface area contributed by atoms with Crippen LogP contribution in [0.25, 0.3) is 0 Å². The van der Waals surface area contributed by atoms with E-state index in [2.05, 4.69) is 0 Å². The second-order valence-corrected chi connectivity index (χ2v) is 7.65. The average molecular weight is 319 g/mol. The number of morpholine rings is 1. The van der Waals surface area contributed by atoms with E-state index in [1.165, 1.54) is 4.31 Å². The molecule has 0 saturated carbocycles. The Morgan fingerprint density at radius 2 is 2.15 bits per heavy atom. The minimum Gasteiger partial charge on any atom is -0.378 e. The summed E-state index contributed by atoms with van der Waals surface area (Å²) in [6, 6.07) is 4.85. The van der Waals surface area contributed by atoms with Crippen LogP contribution in [0.2, 0.25) is 5.02 Å². The lowest BCUT2D eigenvalue weighted by molar-refractivity contribution is -0.00770. The van der Waals surface area contributed by atoms with Gasteiger partial charge in [0.1, 0.15) is 4.90 Å². The minimum atomic E-state index is -3.67. The molecule has 1 saturated heterocycles. The van der Waals surface area contributed by atoms with Crippen molar-refractivity contribution in [1.82, 2.24) is 4.31 Å². The zero-order valence-electron chi connectivity index (χ0n) is 11.6. The summed E-state index contributed by atoms with van der Waals surface area (Å²) in [6.45, 7) is 5.01. The van der Waals surface area contributed by atoms with Crippen LogP contribution in [0.5, 0.6) is 0 Å². The first-order valence-corrected chi connectivity index (χ1v) is 8.20. The Morgan fingerprint density at radius 1 is 1.45 bits per heavy atom. The molecule has 0 bridgehead atoms. The first-order valence-electron chi connectivity index (χ1n) is 6.38. The molecule has 0 spiro atoms. The molecule has 1 aliphatic heterocycles. The molecule has 0 aromatic heterocycles. The van der Waals surface area contributed by atoms with E-state index in [4.69, 9.17) is 22.1 Å². The summed E-state index contributed by atoms with van der Waals surface area (Å²) in [4.78, 5) is 0.108. The van der Waals surface area contributed by atoms with Crippen LogP contribution in [0.4, 0.5) is 0 Å². The van der Waals surface area contributed by atoms with Gasteiger partial charge in [-0.05, 0) is 31.5 Å². The molecule has 5 nitrogen and oxygen atoms in total. The maximum atomic E-state index is 12.8. The fourth-order valence-electron chi connectivity index (χ4n) is 2.28. The molecule has 7 heteroatoms. The van der Waals surface area contributed by atoms with E-state index in [1.54, 1.807) is 18.2 Å². The molecule has 0 unspecified atom stereocenters. The average Bonchev–Trinajstić information content (AvgIpc) is 2.38. The second kappa shape index (κ2) is 5.61. The Kier molecular flexibility index (Phi) is 4.41. The van der Waals surface area contributed by atoms with Crippen molar-refractivity contribution in [3.8, 4) is 0 Å². The van der Waals surface area contributed by atoms with E-state index >= 15 is 0 Å². The zero-order valence-corrected chi connectivity index (χ0v) is 13.2. The van der Waals surface area contributed by atoms with Gasteiger partial charge in [-0.25, -0.2) is 8.42 Å². The molecule has 0 aliphatic carbocycles. The Morgan fingerprint density at radius 3 is 2.75 bits per heavy atom. The number of rotatable bonds is 3. The van der Waals surface area contributed by atoms with Crippen molar-refractivity contribution in [1.29, 1.82) is 0 Å². The van der Waals surface area contributed by atoms with Gasteiger partial charge in [-0.1, -0.05) is 17.7 Å². The molecule has 2 N–H and O–H groups in total. The van der Waals surface area contributed by atoms with Gasteiger partial charge in [-0.2, -0.15) is 4.31 Å². The maximum absolute atomic E-state index is 12.8. The number of nitrogens with two attached hydrogens (primary N) is 1. The Balaban J connectivity index is 2.49. The number of sulfonamides is 1. The fraction of sp³-hybridized carbons (Fsp3) is 0.538. The summed E-state index contributed by atoms with van der Waals surface area (Å²) in [5.74, 6) is 0. The third-order valence-corrected chi connectivity index (χ3v) is 5.96. The van der Waals surface area contributed by atoms with Crippen LogP contribution in [-0.2, 0) is 21.3 Å². The molecule has 1 aromatic carbocycles.